The number of hydrogen-bond acceptors (Lipinski definition) is 5. The minimum Gasteiger partial charge on any atom is -0.481 e. The second-order valence-corrected chi connectivity index (χ2v) is 11.4. The van der Waals surface area contributed by atoms with Gasteiger partial charge in [-0.1, -0.05) is 41.6 Å². The van der Waals surface area contributed by atoms with Crippen LogP contribution in [0.2, 0.25) is 0 Å². The monoisotopic (exact) mass is 478 g/mol. The lowest BCUT2D eigenvalue weighted by molar-refractivity contribution is -0.146. The zero-order valence-corrected chi connectivity index (χ0v) is 20.4. The van der Waals surface area contributed by atoms with Gasteiger partial charge in [0.25, 0.3) is 0 Å². The number of aliphatic carboxylic acids is 1. The number of carbonyl (C=O) groups is 2. The quantitative estimate of drug-likeness (QED) is 0.337. The predicted molar refractivity (Wildman–Crippen MR) is 134 cm³/mol. The molecule has 0 radical (unpaired) electrons. The Labute approximate surface area is 201 Å². The maximum absolute atomic E-state index is 13.0. The highest BCUT2D eigenvalue weighted by atomic mass is 32.2. The average molecular weight is 479 g/mol. The molecule has 2 bridgehead atoms. The van der Waals surface area contributed by atoms with Gasteiger partial charge in [-0.25, -0.2) is 4.98 Å². The van der Waals surface area contributed by atoms with Crippen molar-refractivity contribution in [2.75, 3.05) is 5.32 Å². The summed E-state index contributed by atoms with van der Waals surface area (Å²) in [6, 6.07) is 10.1. The molecule has 1 saturated carbocycles. The number of rotatable bonds is 6. The van der Waals surface area contributed by atoms with E-state index in [1.807, 2.05) is 30.4 Å². The van der Waals surface area contributed by atoms with Crippen LogP contribution in [0.1, 0.15) is 28.7 Å². The number of amides is 1. The fraction of sp³-hybridized carbons (Fsp3) is 0.346. The van der Waals surface area contributed by atoms with Gasteiger partial charge in [0.1, 0.15) is 0 Å². The smallest absolute Gasteiger partial charge is 0.307 e. The van der Waals surface area contributed by atoms with Gasteiger partial charge in [0, 0.05) is 11.4 Å². The molecule has 0 unspecified atom stereocenters. The van der Waals surface area contributed by atoms with Gasteiger partial charge in [0.05, 0.1) is 22.1 Å². The van der Waals surface area contributed by atoms with Crippen molar-refractivity contribution in [3.8, 4) is 0 Å². The van der Waals surface area contributed by atoms with Crippen molar-refractivity contribution in [3.05, 3.63) is 64.7 Å². The van der Waals surface area contributed by atoms with Gasteiger partial charge in [-0.3, -0.25) is 9.59 Å². The molecule has 4 atom stereocenters. The summed E-state index contributed by atoms with van der Waals surface area (Å²) in [4.78, 5) is 29.5. The van der Waals surface area contributed by atoms with Crippen molar-refractivity contribution >= 4 is 50.9 Å². The molecule has 1 aromatic heterocycles. The van der Waals surface area contributed by atoms with Crippen LogP contribution in [0.5, 0.6) is 0 Å². The van der Waals surface area contributed by atoms with Crippen LogP contribution in [0, 0.1) is 44.4 Å². The van der Waals surface area contributed by atoms with Crippen LogP contribution in [0.25, 0.3) is 10.2 Å². The van der Waals surface area contributed by atoms with Crippen LogP contribution >= 0.6 is 23.1 Å². The van der Waals surface area contributed by atoms with E-state index < -0.39 is 17.8 Å². The van der Waals surface area contributed by atoms with Crippen molar-refractivity contribution < 1.29 is 14.7 Å². The second-order valence-electron chi connectivity index (χ2n) is 9.16. The summed E-state index contributed by atoms with van der Waals surface area (Å²) in [5.41, 5.74) is 6.84. The van der Waals surface area contributed by atoms with Crippen LogP contribution in [0.4, 0.5) is 5.69 Å². The number of nitrogens with one attached hydrogen (secondary N) is 1. The van der Waals surface area contributed by atoms with Gasteiger partial charge in [0.2, 0.25) is 5.91 Å². The zero-order valence-electron chi connectivity index (χ0n) is 18.8. The van der Waals surface area contributed by atoms with E-state index >= 15 is 0 Å². The maximum atomic E-state index is 13.0. The highest BCUT2D eigenvalue weighted by molar-refractivity contribution is 8.00. The number of carboxylic acids is 1. The van der Waals surface area contributed by atoms with E-state index in [1.165, 1.54) is 22.3 Å². The highest BCUT2D eigenvalue weighted by Gasteiger charge is 2.51. The molecule has 2 N–H and O–H groups in total. The first-order chi connectivity index (χ1) is 15.8. The second kappa shape index (κ2) is 8.61. The molecule has 2 aromatic carbocycles. The standard InChI is InChI=1S/C26H26N2O3S2/c1-13-8-14(2)19(15(3)9-13)12-32-26-28-20-7-6-18(11-21(20)33-26)27-24(29)22-16-4-5-17(10-16)23(22)25(30)31/h4-9,11,16-17,22-23H,10,12H2,1-3H3,(H,27,29)(H,30,31)/t16-,17-,22+,23-/m0/s1. The summed E-state index contributed by atoms with van der Waals surface area (Å²) in [7, 11) is 0. The minimum atomic E-state index is -0.884. The van der Waals surface area contributed by atoms with Crippen LogP contribution in [-0.2, 0) is 15.3 Å². The predicted octanol–water partition coefficient (Wildman–Crippen LogP) is 5.98. The van der Waals surface area contributed by atoms with Crippen molar-refractivity contribution in [1.29, 1.82) is 0 Å². The van der Waals surface area contributed by atoms with Crippen LogP contribution in [0.15, 0.2) is 46.8 Å². The van der Waals surface area contributed by atoms with Gasteiger partial charge < -0.3 is 10.4 Å². The zero-order chi connectivity index (χ0) is 23.3. The van der Waals surface area contributed by atoms with Crippen LogP contribution in [0.3, 0.4) is 0 Å². The lowest BCUT2D eigenvalue weighted by Gasteiger charge is -2.23. The first-order valence-electron chi connectivity index (χ1n) is 11.1. The molecule has 33 heavy (non-hydrogen) atoms. The van der Waals surface area contributed by atoms with Gasteiger partial charge in [0.15, 0.2) is 4.34 Å². The summed E-state index contributed by atoms with van der Waals surface area (Å²) < 4.78 is 2.01. The Hall–Kier alpha value is -2.64. The number of benzene rings is 2. The molecule has 0 spiro atoms. The van der Waals surface area contributed by atoms with E-state index in [0.717, 1.165) is 26.7 Å². The minimum absolute atomic E-state index is 0.0138. The van der Waals surface area contributed by atoms with Gasteiger partial charge >= 0.3 is 5.97 Å². The molecular weight excluding hydrogens is 452 g/mol. The lowest BCUT2D eigenvalue weighted by Crippen LogP contribution is -2.36. The Bertz CT molecular complexity index is 1270. The normalized spacial score (nSPS) is 23.4. The first-order valence-corrected chi connectivity index (χ1v) is 12.9. The molecule has 7 heteroatoms. The average Bonchev–Trinajstić information content (AvgIpc) is 3.46. The third kappa shape index (κ3) is 4.20. The number of allylic oxidation sites excluding steroid dienone is 2. The Morgan fingerprint density at radius 1 is 1.09 bits per heavy atom. The molecular formula is C26H26N2O3S2. The number of thioether (sulfide) groups is 1. The van der Waals surface area contributed by atoms with E-state index in [2.05, 4.69) is 38.2 Å². The number of carboxylic acid groups (broad SMARTS) is 1. The number of thiazole rings is 1. The summed E-state index contributed by atoms with van der Waals surface area (Å²) >= 11 is 3.35. The highest BCUT2D eigenvalue weighted by Crippen LogP contribution is 2.48. The van der Waals surface area contributed by atoms with Crippen LogP contribution < -0.4 is 5.32 Å². The Morgan fingerprint density at radius 3 is 2.48 bits per heavy atom. The lowest BCUT2D eigenvalue weighted by atomic mass is 9.82. The van der Waals surface area contributed by atoms with Gasteiger partial charge in [-0.2, -0.15) is 0 Å². The Morgan fingerprint density at radius 2 is 1.79 bits per heavy atom. The molecule has 170 valence electrons. The molecule has 1 amide bonds. The van der Waals surface area contributed by atoms with Gasteiger partial charge in [-0.05, 0) is 73.9 Å². The van der Waals surface area contributed by atoms with Crippen molar-refractivity contribution in [3.63, 3.8) is 0 Å². The molecule has 5 nitrogen and oxygen atoms in total. The molecule has 1 fully saturated rings. The van der Waals surface area contributed by atoms with Crippen molar-refractivity contribution in [2.24, 2.45) is 23.7 Å². The molecule has 5 rings (SSSR count). The van der Waals surface area contributed by atoms with Crippen LogP contribution in [-0.4, -0.2) is 22.0 Å². The van der Waals surface area contributed by atoms with E-state index in [9.17, 15) is 14.7 Å². The molecule has 0 saturated heterocycles. The number of hydrogen-bond donors (Lipinski definition) is 2. The van der Waals surface area contributed by atoms with E-state index in [1.54, 1.807) is 23.1 Å². The number of anilines is 1. The van der Waals surface area contributed by atoms with E-state index in [-0.39, 0.29) is 17.7 Å². The van der Waals surface area contributed by atoms with Gasteiger partial charge in [-0.15, -0.1) is 11.3 Å². The topological polar surface area (TPSA) is 79.3 Å². The molecule has 2 aliphatic carbocycles. The molecule has 3 aromatic rings. The number of carbonyl (C=O) groups excluding carboxylic acids is 1. The maximum Gasteiger partial charge on any atom is 0.307 e. The largest absolute Gasteiger partial charge is 0.481 e. The number of fused-ring (bicyclic) bond motifs is 3. The molecule has 0 aliphatic heterocycles. The van der Waals surface area contributed by atoms with E-state index in [4.69, 9.17) is 4.98 Å². The molecule has 1 heterocycles. The SMILES string of the molecule is Cc1cc(C)c(CSc2nc3ccc(NC(=O)[C@H]4[C@@H](C(=O)O)[C@H]5C=C[C@H]4C5)cc3s2)c(C)c1. The third-order valence-corrected chi connectivity index (χ3v) is 9.05. The fourth-order valence-electron chi connectivity index (χ4n) is 5.36. The summed E-state index contributed by atoms with van der Waals surface area (Å²) in [5.74, 6) is -1.39. The summed E-state index contributed by atoms with van der Waals surface area (Å²) in [5, 5.41) is 12.6. The van der Waals surface area contributed by atoms with Crippen molar-refractivity contribution in [1.82, 2.24) is 4.98 Å². The third-order valence-electron chi connectivity index (χ3n) is 6.86. The number of aromatic nitrogens is 1. The number of nitrogens with zero attached hydrogens (tertiary/aromatic N) is 1. The van der Waals surface area contributed by atoms with Crippen molar-refractivity contribution in [2.45, 2.75) is 37.3 Å². The first kappa shape index (κ1) is 22.2. The Kier molecular flexibility index (Phi) is 5.79. The summed E-state index contributed by atoms with van der Waals surface area (Å²) in [6.45, 7) is 6.44. The summed E-state index contributed by atoms with van der Waals surface area (Å²) in [6.07, 6.45) is 4.71. The molecule has 2 aliphatic rings. The fourth-order valence-corrected chi connectivity index (χ4v) is 7.66. The number of aryl methyl sites for hydroxylation is 3. The van der Waals surface area contributed by atoms with E-state index in [0.29, 0.717) is 5.69 Å². The Balaban J connectivity index is 1.30.